The van der Waals surface area contributed by atoms with Gasteiger partial charge in [-0.2, -0.15) is 0 Å². The lowest BCUT2D eigenvalue weighted by atomic mass is 9.55. The summed E-state index contributed by atoms with van der Waals surface area (Å²) in [6.45, 7) is 7.83. The molecule has 3 unspecified atom stereocenters. The lowest BCUT2D eigenvalue weighted by Gasteiger charge is -2.60. The van der Waals surface area contributed by atoms with E-state index in [0.717, 1.165) is 26.1 Å². The summed E-state index contributed by atoms with van der Waals surface area (Å²) in [6.07, 6.45) is 6.39. The topological polar surface area (TPSA) is 41.6 Å². The molecule has 2 aliphatic heterocycles. The van der Waals surface area contributed by atoms with Gasteiger partial charge in [0, 0.05) is 37.1 Å². The van der Waals surface area contributed by atoms with E-state index in [1.165, 1.54) is 25.7 Å². The Hall–Kier alpha value is -0.610. The Kier molecular flexibility index (Phi) is 4.04. The van der Waals surface area contributed by atoms with Crippen molar-refractivity contribution >= 4 is 5.91 Å². The summed E-state index contributed by atoms with van der Waals surface area (Å²) >= 11 is 0. The predicted molar refractivity (Wildman–Crippen MR) is 78.5 cm³/mol. The first kappa shape index (κ1) is 14.3. The Balaban J connectivity index is 1.51. The summed E-state index contributed by atoms with van der Waals surface area (Å²) in [4.78, 5) is 14.3. The van der Waals surface area contributed by atoms with Crippen LogP contribution < -0.4 is 5.32 Å². The van der Waals surface area contributed by atoms with Crippen LogP contribution in [0.5, 0.6) is 0 Å². The van der Waals surface area contributed by atoms with Crippen LogP contribution >= 0.6 is 0 Å². The highest BCUT2D eigenvalue weighted by atomic mass is 16.5. The lowest BCUT2D eigenvalue weighted by molar-refractivity contribution is -0.192. The second-order valence-corrected chi connectivity index (χ2v) is 7.22. The molecule has 3 fully saturated rings. The molecule has 2 saturated heterocycles. The van der Waals surface area contributed by atoms with Crippen LogP contribution in [-0.2, 0) is 9.53 Å². The number of likely N-dealkylation sites (tertiary alicyclic amines) is 1. The molecule has 20 heavy (non-hydrogen) atoms. The van der Waals surface area contributed by atoms with E-state index < -0.39 is 0 Å². The fraction of sp³-hybridized carbons (Fsp3) is 0.938. The van der Waals surface area contributed by atoms with Crippen LogP contribution in [0.2, 0.25) is 0 Å². The monoisotopic (exact) mass is 280 g/mol. The molecule has 0 bridgehead atoms. The quantitative estimate of drug-likeness (QED) is 0.857. The maximum absolute atomic E-state index is 12.2. The largest absolute Gasteiger partial charge is 0.377 e. The Morgan fingerprint density at radius 2 is 2.00 bits per heavy atom. The highest BCUT2D eigenvalue weighted by Crippen LogP contribution is 2.51. The Morgan fingerprint density at radius 1 is 1.25 bits per heavy atom. The lowest BCUT2D eigenvalue weighted by Crippen LogP contribution is -2.70. The van der Waals surface area contributed by atoms with Gasteiger partial charge in [-0.25, -0.2) is 0 Å². The highest BCUT2D eigenvalue weighted by molar-refractivity contribution is 5.78. The molecule has 0 spiro atoms. The molecule has 1 N–H and O–H groups in total. The third-order valence-corrected chi connectivity index (χ3v) is 5.51. The molecule has 3 rings (SSSR count). The van der Waals surface area contributed by atoms with Crippen LogP contribution in [-0.4, -0.2) is 49.2 Å². The van der Waals surface area contributed by atoms with E-state index in [-0.39, 0.29) is 11.3 Å². The second kappa shape index (κ2) is 5.64. The molecule has 114 valence electrons. The Morgan fingerprint density at radius 3 is 2.75 bits per heavy atom. The normalized spacial score (nSPS) is 36.1. The Bertz CT molecular complexity index is 363. The molecule has 0 aromatic rings. The van der Waals surface area contributed by atoms with E-state index in [9.17, 15) is 4.79 Å². The number of nitrogens with zero attached hydrogens (tertiary/aromatic N) is 1. The van der Waals surface area contributed by atoms with E-state index in [2.05, 4.69) is 19.2 Å². The van der Waals surface area contributed by atoms with Gasteiger partial charge in [0.15, 0.2) is 0 Å². The molecule has 3 atom stereocenters. The number of fused-ring (bicyclic) bond motifs is 1. The van der Waals surface area contributed by atoms with Crippen LogP contribution in [0, 0.1) is 11.3 Å². The molecule has 1 saturated carbocycles. The highest BCUT2D eigenvalue weighted by Gasteiger charge is 2.57. The summed E-state index contributed by atoms with van der Waals surface area (Å²) in [6, 6.07) is 0.432. The van der Waals surface area contributed by atoms with Crippen molar-refractivity contribution in [3.8, 4) is 0 Å². The average molecular weight is 280 g/mol. The van der Waals surface area contributed by atoms with Crippen molar-refractivity contribution in [1.29, 1.82) is 0 Å². The maximum atomic E-state index is 12.2. The maximum Gasteiger partial charge on any atom is 0.236 e. The molecular weight excluding hydrogens is 252 g/mol. The molecule has 0 radical (unpaired) electrons. The van der Waals surface area contributed by atoms with Crippen molar-refractivity contribution in [3.63, 3.8) is 0 Å². The second-order valence-electron chi connectivity index (χ2n) is 7.22. The summed E-state index contributed by atoms with van der Waals surface area (Å²) in [5.74, 6) is 0.883. The molecule has 4 heteroatoms. The first-order chi connectivity index (χ1) is 9.60. The van der Waals surface area contributed by atoms with Crippen LogP contribution in [0.4, 0.5) is 0 Å². The van der Waals surface area contributed by atoms with Crippen molar-refractivity contribution < 1.29 is 9.53 Å². The molecule has 3 aliphatic rings. The van der Waals surface area contributed by atoms with Crippen LogP contribution in [0.1, 0.15) is 46.0 Å². The van der Waals surface area contributed by atoms with Gasteiger partial charge in [-0.15, -0.1) is 0 Å². The fourth-order valence-electron chi connectivity index (χ4n) is 4.39. The summed E-state index contributed by atoms with van der Waals surface area (Å²) in [7, 11) is 0. The number of carbonyl (C=O) groups is 1. The SMILES string of the molecule is CC1(C)C(NCC(=O)N2CCCCC2)C2CCCOC21. The molecule has 1 amide bonds. The molecule has 4 nitrogen and oxygen atoms in total. The molecule has 0 aromatic carbocycles. The Labute approximate surface area is 122 Å². The van der Waals surface area contributed by atoms with Crippen molar-refractivity contribution in [1.82, 2.24) is 10.2 Å². The van der Waals surface area contributed by atoms with E-state index in [1.54, 1.807) is 0 Å². The first-order valence-electron chi connectivity index (χ1n) is 8.23. The molecular formula is C16H28N2O2. The number of hydrogen-bond acceptors (Lipinski definition) is 3. The third kappa shape index (κ3) is 2.48. The summed E-state index contributed by atoms with van der Waals surface area (Å²) in [5.41, 5.74) is 0.160. The first-order valence-corrected chi connectivity index (χ1v) is 8.23. The minimum absolute atomic E-state index is 0.160. The number of piperidine rings is 1. The van der Waals surface area contributed by atoms with Crippen molar-refractivity contribution in [2.75, 3.05) is 26.2 Å². The van der Waals surface area contributed by atoms with E-state index in [0.29, 0.717) is 24.6 Å². The number of hydrogen-bond donors (Lipinski definition) is 1. The fourth-order valence-corrected chi connectivity index (χ4v) is 4.39. The van der Waals surface area contributed by atoms with Gasteiger partial charge >= 0.3 is 0 Å². The zero-order valence-corrected chi connectivity index (χ0v) is 12.9. The zero-order valence-electron chi connectivity index (χ0n) is 12.9. The summed E-state index contributed by atoms with van der Waals surface area (Å²) in [5, 5.41) is 3.53. The van der Waals surface area contributed by atoms with Gasteiger partial charge in [0.05, 0.1) is 12.6 Å². The average Bonchev–Trinajstić information content (AvgIpc) is 2.48. The number of amides is 1. The van der Waals surface area contributed by atoms with Gasteiger partial charge in [-0.05, 0) is 32.1 Å². The van der Waals surface area contributed by atoms with E-state index in [4.69, 9.17) is 4.74 Å². The third-order valence-electron chi connectivity index (χ3n) is 5.51. The van der Waals surface area contributed by atoms with Gasteiger partial charge in [0.25, 0.3) is 0 Å². The minimum Gasteiger partial charge on any atom is -0.377 e. The number of rotatable bonds is 3. The van der Waals surface area contributed by atoms with Crippen molar-refractivity contribution in [2.45, 2.75) is 58.1 Å². The summed E-state index contributed by atoms with van der Waals surface area (Å²) < 4.78 is 5.91. The van der Waals surface area contributed by atoms with Gasteiger partial charge in [0.2, 0.25) is 5.91 Å². The van der Waals surface area contributed by atoms with Crippen molar-refractivity contribution in [2.24, 2.45) is 11.3 Å². The van der Waals surface area contributed by atoms with Crippen molar-refractivity contribution in [3.05, 3.63) is 0 Å². The number of carbonyl (C=O) groups excluding carboxylic acids is 1. The van der Waals surface area contributed by atoms with Crippen LogP contribution in [0.25, 0.3) is 0 Å². The minimum atomic E-state index is 0.160. The van der Waals surface area contributed by atoms with E-state index in [1.807, 2.05) is 4.90 Å². The number of ether oxygens (including phenoxy) is 1. The van der Waals surface area contributed by atoms with Gasteiger partial charge < -0.3 is 15.0 Å². The smallest absolute Gasteiger partial charge is 0.236 e. The zero-order chi connectivity index (χ0) is 14.2. The molecule has 1 aliphatic carbocycles. The molecule has 2 heterocycles. The van der Waals surface area contributed by atoms with Gasteiger partial charge in [-0.3, -0.25) is 4.79 Å². The van der Waals surface area contributed by atoms with Gasteiger partial charge in [0.1, 0.15) is 0 Å². The standard InChI is InChI=1S/C16H28N2O2/c1-16(2)14(12-7-6-10-20-15(12)16)17-11-13(19)18-8-4-3-5-9-18/h12,14-15,17H,3-11H2,1-2H3. The predicted octanol–water partition coefficient (Wildman–Crippen LogP) is 1.79. The van der Waals surface area contributed by atoms with E-state index >= 15 is 0 Å². The van der Waals surface area contributed by atoms with Crippen LogP contribution in [0.3, 0.4) is 0 Å². The molecule has 0 aromatic heterocycles. The van der Waals surface area contributed by atoms with Crippen LogP contribution in [0.15, 0.2) is 0 Å². The van der Waals surface area contributed by atoms with Gasteiger partial charge in [-0.1, -0.05) is 13.8 Å². The number of nitrogens with one attached hydrogen (secondary N) is 1.